The van der Waals surface area contributed by atoms with Crippen molar-refractivity contribution in [3.05, 3.63) is 35.9 Å². The Hall–Kier alpha value is -1.77. The Morgan fingerprint density at radius 1 is 1.37 bits per heavy atom. The first kappa shape index (κ1) is 15.3. The number of phenolic OH excluding ortho intramolecular Hbond substituents is 1. The van der Waals surface area contributed by atoms with Crippen LogP contribution in [0.2, 0.25) is 0 Å². The summed E-state index contributed by atoms with van der Waals surface area (Å²) in [5.74, 6) is 0.761. The highest BCUT2D eigenvalue weighted by atomic mass is 16.5. The van der Waals surface area contributed by atoms with Crippen molar-refractivity contribution in [1.29, 1.82) is 0 Å². The largest absolute Gasteiger partial charge is 0.504 e. The predicted molar refractivity (Wildman–Crippen MR) is 76.7 cm³/mol. The Balaban J connectivity index is 2.43. The average Bonchev–Trinajstić information content (AvgIpc) is 2.39. The van der Waals surface area contributed by atoms with E-state index in [1.807, 2.05) is 12.1 Å². The number of rotatable bonds is 8. The maximum absolute atomic E-state index is 11.5. The molecular weight excluding hydrogens is 240 g/mol. The van der Waals surface area contributed by atoms with Crippen LogP contribution in [0.4, 0.5) is 0 Å². The van der Waals surface area contributed by atoms with Crippen LogP contribution in [-0.2, 0) is 11.2 Å². The third kappa shape index (κ3) is 5.60. The van der Waals surface area contributed by atoms with Gasteiger partial charge in [0.05, 0.1) is 7.11 Å². The van der Waals surface area contributed by atoms with Crippen LogP contribution in [-0.4, -0.2) is 18.0 Å². The monoisotopic (exact) mass is 262 g/mol. The third-order valence-electron chi connectivity index (χ3n) is 2.93. The van der Waals surface area contributed by atoms with Gasteiger partial charge in [0.15, 0.2) is 17.3 Å². The van der Waals surface area contributed by atoms with Crippen molar-refractivity contribution in [2.45, 2.75) is 39.0 Å². The first-order valence-corrected chi connectivity index (χ1v) is 6.72. The summed E-state index contributed by atoms with van der Waals surface area (Å²) in [7, 11) is 1.52. The van der Waals surface area contributed by atoms with E-state index in [9.17, 15) is 9.90 Å². The fraction of sp³-hybridized carbons (Fsp3) is 0.438. The summed E-state index contributed by atoms with van der Waals surface area (Å²) in [5.41, 5.74) is 0.955. The predicted octanol–water partition coefficient (Wildman–Crippen LogP) is 3.65. The van der Waals surface area contributed by atoms with Crippen molar-refractivity contribution in [3.8, 4) is 11.5 Å². The van der Waals surface area contributed by atoms with E-state index in [0.717, 1.165) is 24.8 Å². The molecule has 1 N–H and O–H groups in total. The SMILES string of the molecule is CCCCCC(=O)C=CCc1ccc(OC)c(O)c1. The molecule has 3 nitrogen and oxygen atoms in total. The maximum Gasteiger partial charge on any atom is 0.160 e. The van der Waals surface area contributed by atoms with Gasteiger partial charge in [-0.2, -0.15) is 0 Å². The molecule has 0 aliphatic heterocycles. The summed E-state index contributed by atoms with van der Waals surface area (Å²) in [4.78, 5) is 11.5. The lowest BCUT2D eigenvalue weighted by Gasteiger charge is -2.04. The van der Waals surface area contributed by atoms with Gasteiger partial charge < -0.3 is 9.84 Å². The van der Waals surface area contributed by atoms with Gasteiger partial charge in [-0.1, -0.05) is 31.9 Å². The standard InChI is InChI=1S/C16H22O3/c1-3-4-5-8-14(17)9-6-7-13-10-11-16(19-2)15(18)12-13/h6,9-12,18H,3-5,7-8H2,1-2H3. The van der Waals surface area contributed by atoms with E-state index in [1.54, 1.807) is 18.2 Å². The summed E-state index contributed by atoms with van der Waals surface area (Å²) >= 11 is 0. The topological polar surface area (TPSA) is 46.5 Å². The van der Waals surface area contributed by atoms with Crippen LogP contribution >= 0.6 is 0 Å². The van der Waals surface area contributed by atoms with Gasteiger partial charge in [-0.3, -0.25) is 4.79 Å². The maximum atomic E-state index is 11.5. The molecule has 3 heteroatoms. The zero-order chi connectivity index (χ0) is 14.1. The van der Waals surface area contributed by atoms with Crippen LogP contribution in [0.5, 0.6) is 11.5 Å². The molecule has 0 saturated carbocycles. The van der Waals surface area contributed by atoms with Crippen molar-refractivity contribution >= 4 is 5.78 Å². The Morgan fingerprint density at radius 2 is 2.16 bits per heavy atom. The lowest BCUT2D eigenvalue weighted by Crippen LogP contribution is -1.92. The van der Waals surface area contributed by atoms with Crippen LogP contribution in [0.25, 0.3) is 0 Å². The number of aromatic hydroxyl groups is 1. The summed E-state index contributed by atoms with van der Waals surface area (Å²) in [6.45, 7) is 2.12. The number of ketones is 1. The zero-order valence-corrected chi connectivity index (χ0v) is 11.7. The number of carbonyl (C=O) groups is 1. The van der Waals surface area contributed by atoms with Gasteiger partial charge >= 0.3 is 0 Å². The van der Waals surface area contributed by atoms with Crippen LogP contribution in [0.15, 0.2) is 30.4 Å². The summed E-state index contributed by atoms with van der Waals surface area (Å²) in [6.07, 6.45) is 7.93. The minimum absolute atomic E-state index is 0.127. The van der Waals surface area contributed by atoms with Crippen molar-refractivity contribution < 1.29 is 14.6 Å². The number of hydrogen-bond acceptors (Lipinski definition) is 3. The molecule has 104 valence electrons. The number of phenols is 1. The first-order valence-electron chi connectivity index (χ1n) is 6.72. The number of unbranched alkanes of at least 4 members (excludes halogenated alkanes) is 2. The lowest BCUT2D eigenvalue weighted by atomic mass is 10.1. The molecule has 0 atom stereocenters. The molecule has 19 heavy (non-hydrogen) atoms. The van der Waals surface area contributed by atoms with Gasteiger partial charge in [0.25, 0.3) is 0 Å². The minimum Gasteiger partial charge on any atom is -0.504 e. The van der Waals surface area contributed by atoms with E-state index < -0.39 is 0 Å². The molecule has 0 saturated heterocycles. The molecule has 1 rings (SSSR count). The molecule has 0 heterocycles. The van der Waals surface area contributed by atoms with E-state index in [1.165, 1.54) is 7.11 Å². The second-order valence-electron chi connectivity index (χ2n) is 4.54. The van der Waals surface area contributed by atoms with Gasteiger partial charge in [-0.15, -0.1) is 0 Å². The molecular formula is C16H22O3. The number of benzene rings is 1. The zero-order valence-electron chi connectivity index (χ0n) is 11.7. The molecule has 0 bridgehead atoms. The first-order chi connectivity index (χ1) is 9.17. The van der Waals surface area contributed by atoms with Crippen LogP contribution in [0.1, 0.15) is 38.2 Å². The average molecular weight is 262 g/mol. The minimum atomic E-state index is 0.127. The van der Waals surface area contributed by atoms with Gasteiger partial charge in [0, 0.05) is 6.42 Å². The Morgan fingerprint density at radius 3 is 2.79 bits per heavy atom. The van der Waals surface area contributed by atoms with Crippen molar-refractivity contribution in [3.63, 3.8) is 0 Å². The van der Waals surface area contributed by atoms with Crippen molar-refractivity contribution in [1.82, 2.24) is 0 Å². The van der Waals surface area contributed by atoms with E-state index in [4.69, 9.17) is 4.74 Å². The highest BCUT2D eigenvalue weighted by Crippen LogP contribution is 2.26. The third-order valence-corrected chi connectivity index (χ3v) is 2.93. The van der Waals surface area contributed by atoms with E-state index in [0.29, 0.717) is 18.6 Å². The Labute approximate surface area is 114 Å². The second kappa shape index (κ2) is 8.35. The molecule has 1 aromatic rings. The van der Waals surface area contributed by atoms with E-state index >= 15 is 0 Å². The lowest BCUT2D eigenvalue weighted by molar-refractivity contribution is -0.114. The quantitative estimate of drug-likeness (QED) is 0.574. The summed E-state index contributed by atoms with van der Waals surface area (Å²) in [5, 5.41) is 9.63. The highest BCUT2D eigenvalue weighted by Gasteiger charge is 2.01. The van der Waals surface area contributed by atoms with Crippen molar-refractivity contribution in [2.24, 2.45) is 0 Å². The van der Waals surface area contributed by atoms with Crippen LogP contribution < -0.4 is 4.74 Å². The molecule has 0 radical (unpaired) electrons. The van der Waals surface area contributed by atoms with Crippen LogP contribution in [0, 0.1) is 0 Å². The molecule has 1 aromatic carbocycles. The number of carbonyl (C=O) groups excluding carboxylic acids is 1. The fourth-order valence-corrected chi connectivity index (χ4v) is 1.82. The van der Waals surface area contributed by atoms with Crippen molar-refractivity contribution in [2.75, 3.05) is 7.11 Å². The van der Waals surface area contributed by atoms with E-state index in [-0.39, 0.29) is 11.5 Å². The van der Waals surface area contributed by atoms with Gasteiger partial charge in [-0.25, -0.2) is 0 Å². The molecule has 0 amide bonds. The molecule has 0 aliphatic carbocycles. The fourth-order valence-electron chi connectivity index (χ4n) is 1.82. The molecule has 0 unspecified atom stereocenters. The summed E-state index contributed by atoms with van der Waals surface area (Å²) in [6, 6.07) is 5.26. The second-order valence-corrected chi connectivity index (χ2v) is 4.54. The number of methoxy groups -OCH3 is 1. The van der Waals surface area contributed by atoms with Gasteiger partial charge in [0.2, 0.25) is 0 Å². The number of ether oxygens (including phenoxy) is 1. The summed E-state index contributed by atoms with van der Waals surface area (Å²) < 4.78 is 4.98. The number of allylic oxidation sites excluding steroid dienone is 2. The Bertz CT molecular complexity index is 436. The molecule has 0 fully saturated rings. The molecule has 0 aromatic heterocycles. The van der Waals surface area contributed by atoms with Gasteiger partial charge in [-0.05, 0) is 36.6 Å². The van der Waals surface area contributed by atoms with Crippen LogP contribution in [0.3, 0.4) is 0 Å². The van der Waals surface area contributed by atoms with E-state index in [2.05, 4.69) is 6.92 Å². The molecule has 0 spiro atoms. The number of hydrogen-bond donors (Lipinski definition) is 1. The Kier molecular flexibility index (Phi) is 6.72. The highest BCUT2D eigenvalue weighted by molar-refractivity contribution is 5.89. The smallest absolute Gasteiger partial charge is 0.160 e. The van der Waals surface area contributed by atoms with Gasteiger partial charge in [0.1, 0.15) is 0 Å². The molecule has 0 aliphatic rings. The normalized spacial score (nSPS) is 10.8.